The van der Waals surface area contributed by atoms with Crippen molar-refractivity contribution in [3.05, 3.63) is 32.6 Å². The number of H-pyrrole nitrogens is 2. The van der Waals surface area contributed by atoms with E-state index in [0.717, 1.165) is 0 Å². The molecule has 0 spiro atoms. The number of carbonyl (C=O) groups excluding carboxylic acids is 1. The normalized spacial score (nSPS) is 35.4. The zero-order chi connectivity index (χ0) is 17.4. The van der Waals surface area contributed by atoms with Crippen LogP contribution in [0.5, 0.6) is 0 Å². The lowest BCUT2D eigenvalue weighted by atomic mass is 9.94. The van der Waals surface area contributed by atoms with Crippen molar-refractivity contribution in [2.75, 3.05) is 13.7 Å². The molecule has 1 aromatic heterocycles. The van der Waals surface area contributed by atoms with Gasteiger partial charge < -0.3 is 35.4 Å². The Labute approximate surface area is 135 Å². The fraction of sp³-hybridized carbons (Fsp3) is 0.615. The zero-order valence-electron chi connectivity index (χ0n) is 12.7. The number of nitrogens with two attached hydrogens (primary N) is 1. The van der Waals surface area contributed by atoms with Gasteiger partial charge in [0, 0.05) is 13.3 Å². The summed E-state index contributed by atoms with van der Waals surface area (Å²) in [5.74, 6) is 0. The largest absolute Gasteiger partial charge is 0.387 e. The minimum absolute atomic E-state index is 0.0480. The van der Waals surface area contributed by atoms with Gasteiger partial charge in [-0.1, -0.05) is 0 Å². The molecule has 132 valence electrons. The van der Waals surface area contributed by atoms with Crippen LogP contribution < -0.4 is 22.3 Å². The highest BCUT2D eigenvalue weighted by atomic mass is 16.6. The number of carbonyl (C=O) groups is 1. The van der Waals surface area contributed by atoms with Crippen LogP contribution in [0.2, 0.25) is 0 Å². The highest BCUT2D eigenvalue weighted by Gasteiger charge is 2.54. The van der Waals surface area contributed by atoms with Gasteiger partial charge in [-0.25, -0.2) is 9.59 Å². The van der Waals surface area contributed by atoms with Gasteiger partial charge in [-0.2, -0.15) is 0 Å². The predicted molar refractivity (Wildman–Crippen MR) is 78.3 cm³/mol. The Morgan fingerprint density at radius 1 is 1.46 bits per heavy atom. The first kappa shape index (κ1) is 16.6. The fourth-order valence-corrected chi connectivity index (χ4v) is 3.14. The Kier molecular flexibility index (Phi) is 4.41. The lowest BCUT2D eigenvalue weighted by Gasteiger charge is -2.38. The number of primary amides is 1. The van der Waals surface area contributed by atoms with Crippen LogP contribution in [0.4, 0.5) is 4.79 Å². The molecule has 2 amide bonds. The van der Waals surface area contributed by atoms with E-state index in [4.69, 9.17) is 19.9 Å². The van der Waals surface area contributed by atoms with Crippen molar-refractivity contribution >= 4 is 6.03 Å². The fourth-order valence-electron chi connectivity index (χ4n) is 3.14. The summed E-state index contributed by atoms with van der Waals surface area (Å²) in [7, 11) is 1.44. The van der Waals surface area contributed by atoms with Gasteiger partial charge in [-0.05, 0) is 0 Å². The molecule has 11 heteroatoms. The maximum absolute atomic E-state index is 11.9. The molecular formula is C13H18N4O7. The highest BCUT2D eigenvalue weighted by Crippen LogP contribution is 2.38. The van der Waals surface area contributed by atoms with Gasteiger partial charge in [0.25, 0.3) is 5.56 Å². The Balaban J connectivity index is 1.91. The summed E-state index contributed by atoms with van der Waals surface area (Å²) < 4.78 is 16.6. The van der Waals surface area contributed by atoms with Crippen LogP contribution in [0.25, 0.3) is 0 Å². The summed E-state index contributed by atoms with van der Waals surface area (Å²) in [6.45, 7) is 0.109. The molecule has 11 nitrogen and oxygen atoms in total. The lowest BCUT2D eigenvalue weighted by molar-refractivity contribution is -0.143. The summed E-state index contributed by atoms with van der Waals surface area (Å²) >= 11 is 0. The third-order valence-electron chi connectivity index (χ3n) is 4.25. The van der Waals surface area contributed by atoms with Crippen molar-refractivity contribution in [3.8, 4) is 0 Å². The second-order valence-corrected chi connectivity index (χ2v) is 5.65. The molecule has 3 heterocycles. The molecule has 0 saturated carbocycles. The van der Waals surface area contributed by atoms with Gasteiger partial charge >= 0.3 is 11.7 Å². The van der Waals surface area contributed by atoms with E-state index in [-0.39, 0.29) is 12.2 Å². The smallest absolute Gasteiger partial charge is 0.325 e. The van der Waals surface area contributed by atoms with E-state index < -0.39 is 53.8 Å². The number of urea groups is 1. The van der Waals surface area contributed by atoms with E-state index >= 15 is 0 Å². The number of nitrogens with one attached hydrogen (secondary N) is 3. The van der Waals surface area contributed by atoms with Crippen molar-refractivity contribution in [2.24, 2.45) is 5.73 Å². The summed E-state index contributed by atoms with van der Waals surface area (Å²) in [5, 5.41) is 13.0. The van der Waals surface area contributed by atoms with Crippen molar-refractivity contribution in [1.29, 1.82) is 0 Å². The molecule has 0 aromatic carbocycles. The van der Waals surface area contributed by atoms with Crippen LogP contribution in [0.1, 0.15) is 11.7 Å². The third kappa shape index (κ3) is 2.82. The Morgan fingerprint density at radius 2 is 2.21 bits per heavy atom. The molecule has 2 aliphatic heterocycles. The van der Waals surface area contributed by atoms with E-state index in [1.54, 1.807) is 0 Å². The monoisotopic (exact) mass is 342 g/mol. The molecule has 6 atom stereocenters. The second kappa shape index (κ2) is 6.36. The van der Waals surface area contributed by atoms with Gasteiger partial charge in [-0.15, -0.1) is 0 Å². The Bertz CT molecular complexity index is 732. The standard InChI is InChI=1S/C13H18N4O7/c1-22-5-3-23-10-7(18)8(4-2-15-13(21)17-11(4)19)24-9(10)6(5)16-12(14)20/h2,5-10,18H,3H2,1H3,(H3,14,16,20)(H2,15,17,19,21)/t5-,6-,7?,8+,9-,10+/m1/s1. The van der Waals surface area contributed by atoms with Crippen LogP contribution in [-0.2, 0) is 14.2 Å². The summed E-state index contributed by atoms with van der Waals surface area (Å²) in [5.41, 5.74) is 3.89. The molecule has 1 unspecified atom stereocenters. The SMILES string of the molecule is CO[C@@H]1CO[C@H]2C(O)[C@H](c3c[nH]c(=O)[nH]c3=O)O[C@@H]2[C@@H]1NC(N)=O. The molecule has 3 rings (SSSR count). The Hall–Kier alpha value is -2.21. The van der Waals surface area contributed by atoms with E-state index in [1.165, 1.54) is 13.3 Å². The van der Waals surface area contributed by atoms with Crippen LogP contribution in [0.15, 0.2) is 15.8 Å². The molecule has 6 N–H and O–H groups in total. The van der Waals surface area contributed by atoms with E-state index in [1.807, 2.05) is 0 Å². The predicted octanol–water partition coefficient (Wildman–Crippen LogP) is -2.69. The van der Waals surface area contributed by atoms with Gasteiger partial charge in [0.2, 0.25) is 0 Å². The zero-order valence-corrected chi connectivity index (χ0v) is 12.7. The van der Waals surface area contributed by atoms with Crippen LogP contribution in [-0.4, -0.2) is 65.3 Å². The van der Waals surface area contributed by atoms with Gasteiger partial charge in [0.1, 0.15) is 30.5 Å². The minimum Gasteiger partial charge on any atom is -0.387 e. The molecule has 2 saturated heterocycles. The lowest BCUT2D eigenvalue weighted by Crippen LogP contribution is -2.62. The number of aliphatic hydroxyl groups excluding tert-OH is 1. The molecule has 0 aliphatic carbocycles. The van der Waals surface area contributed by atoms with Crippen molar-refractivity contribution < 1.29 is 24.1 Å². The first-order valence-corrected chi connectivity index (χ1v) is 7.28. The van der Waals surface area contributed by atoms with Gasteiger partial charge in [-0.3, -0.25) is 9.78 Å². The summed E-state index contributed by atoms with van der Waals surface area (Å²) in [6.07, 6.45) is -3.12. The average Bonchev–Trinajstić information content (AvgIpc) is 2.85. The van der Waals surface area contributed by atoms with Crippen LogP contribution in [0.3, 0.4) is 0 Å². The molecular weight excluding hydrogens is 324 g/mol. The van der Waals surface area contributed by atoms with E-state index in [2.05, 4.69) is 15.3 Å². The average molecular weight is 342 g/mol. The number of methoxy groups -OCH3 is 1. The number of ether oxygens (including phenoxy) is 3. The minimum atomic E-state index is -1.17. The quantitative estimate of drug-likeness (QED) is 0.398. The first-order valence-electron chi connectivity index (χ1n) is 7.28. The topological polar surface area (TPSA) is 169 Å². The summed E-state index contributed by atoms with van der Waals surface area (Å²) in [6, 6.07) is -1.43. The second-order valence-electron chi connectivity index (χ2n) is 5.65. The highest BCUT2D eigenvalue weighted by molar-refractivity contribution is 5.72. The molecule has 1 aromatic rings. The van der Waals surface area contributed by atoms with Crippen LogP contribution in [0, 0.1) is 0 Å². The number of hydrogen-bond donors (Lipinski definition) is 5. The number of aliphatic hydroxyl groups is 1. The molecule has 0 radical (unpaired) electrons. The number of aromatic amines is 2. The van der Waals surface area contributed by atoms with Crippen molar-refractivity contribution in [2.45, 2.75) is 36.6 Å². The van der Waals surface area contributed by atoms with E-state index in [0.29, 0.717) is 0 Å². The molecule has 2 aliphatic rings. The van der Waals surface area contributed by atoms with Gasteiger partial charge in [0.05, 0.1) is 18.2 Å². The molecule has 24 heavy (non-hydrogen) atoms. The van der Waals surface area contributed by atoms with Gasteiger partial charge in [0.15, 0.2) is 0 Å². The Morgan fingerprint density at radius 3 is 2.83 bits per heavy atom. The maximum Gasteiger partial charge on any atom is 0.325 e. The van der Waals surface area contributed by atoms with Crippen molar-refractivity contribution in [1.82, 2.24) is 15.3 Å². The number of hydrogen-bond acceptors (Lipinski definition) is 7. The number of rotatable bonds is 3. The third-order valence-corrected chi connectivity index (χ3v) is 4.25. The number of amides is 2. The van der Waals surface area contributed by atoms with Crippen LogP contribution >= 0.6 is 0 Å². The van der Waals surface area contributed by atoms with E-state index in [9.17, 15) is 19.5 Å². The number of aromatic nitrogens is 2. The van der Waals surface area contributed by atoms with Crippen molar-refractivity contribution in [3.63, 3.8) is 0 Å². The maximum atomic E-state index is 11.9. The number of fused-ring (bicyclic) bond motifs is 1. The first-order chi connectivity index (χ1) is 11.4. The molecule has 2 fully saturated rings. The molecule has 0 bridgehead atoms. The summed E-state index contributed by atoms with van der Waals surface area (Å²) in [4.78, 5) is 38.7.